The smallest absolute Gasteiger partial charge is 0.0473 e. The molecule has 1 aromatic heterocycles. The Morgan fingerprint density at radius 2 is 0.940 bits per heavy atom. The molecule has 10 aromatic carbocycles. The average molecular weight is 874 g/mol. The van der Waals surface area contributed by atoms with Gasteiger partial charge in [0.1, 0.15) is 0 Å². The molecule has 12 rings (SSSR count). The van der Waals surface area contributed by atoms with E-state index in [4.69, 9.17) is 0 Å². The molecule has 0 spiro atoms. The molecule has 0 fully saturated rings. The fourth-order valence-electron chi connectivity index (χ4n) is 9.99. The number of hydrogen-bond acceptors (Lipinski definition) is 2. The molecule has 1 aliphatic rings. The summed E-state index contributed by atoms with van der Waals surface area (Å²) in [4.78, 5) is 2.41. The molecule has 2 atom stereocenters. The molecule has 0 N–H and O–H groups in total. The Bertz CT molecular complexity index is 3560. The number of anilines is 3. The van der Waals surface area contributed by atoms with Gasteiger partial charge in [-0.1, -0.05) is 213 Å². The molecule has 0 radical (unpaired) electrons. The van der Waals surface area contributed by atoms with E-state index in [1.165, 1.54) is 92.2 Å². The Morgan fingerprint density at radius 1 is 0.388 bits per heavy atom. The Hall–Kier alpha value is -8.04. The SMILES string of the molecule is CC1C=CC(c2ccc(-c3ccc(N(c4ccc(-c5cccc6c5sc5ccccc56)cc4)c4cc(-c5ccccc5)cc(-c5ccccc5)c4)cc3)cc2)=CC1c1ccc2ccccc2c1. The zero-order valence-corrected chi connectivity index (χ0v) is 38.1. The van der Waals surface area contributed by atoms with Crippen molar-refractivity contribution in [3.63, 3.8) is 0 Å². The second-order valence-electron chi connectivity index (χ2n) is 17.8. The molecule has 1 aliphatic carbocycles. The van der Waals surface area contributed by atoms with Crippen LogP contribution in [0.3, 0.4) is 0 Å². The molecule has 0 bridgehead atoms. The summed E-state index contributed by atoms with van der Waals surface area (Å²) in [6.45, 7) is 2.32. The number of rotatable bonds is 9. The lowest BCUT2D eigenvalue weighted by molar-refractivity contribution is 0.638. The molecule has 0 saturated heterocycles. The lowest BCUT2D eigenvalue weighted by Crippen LogP contribution is -2.10. The zero-order valence-electron chi connectivity index (χ0n) is 37.3. The van der Waals surface area contributed by atoms with Gasteiger partial charge in [-0.15, -0.1) is 11.3 Å². The lowest BCUT2D eigenvalue weighted by Gasteiger charge is -2.27. The molecule has 1 heterocycles. The van der Waals surface area contributed by atoms with Gasteiger partial charge >= 0.3 is 0 Å². The van der Waals surface area contributed by atoms with Gasteiger partial charge in [0.2, 0.25) is 0 Å². The number of nitrogens with zero attached hydrogens (tertiary/aromatic N) is 1. The van der Waals surface area contributed by atoms with Gasteiger partial charge in [-0.3, -0.25) is 0 Å². The average Bonchev–Trinajstić information content (AvgIpc) is 3.79. The minimum absolute atomic E-state index is 0.323. The van der Waals surface area contributed by atoms with Gasteiger partial charge in [0, 0.05) is 43.2 Å². The summed E-state index contributed by atoms with van der Waals surface area (Å²) in [6, 6.07) is 86.8. The van der Waals surface area contributed by atoms with Crippen LogP contribution in [0.2, 0.25) is 0 Å². The van der Waals surface area contributed by atoms with Gasteiger partial charge in [0.25, 0.3) is 0 Å². The minimum atomic E-state index is 0.323. The van der Waals surface area contributed by atoms with Crippen LogP contribution in [0.1, 0.15) is 24.0 Å². The van der Waals surface area contributed by atoms with Gasteiger partial charge in [0.15, 0.2) is 0 Å². The fourth-order valence-corrected chi connectivity index (χ4v) is 11.2. The number of benzene rings is 10. The van der Waals surface area contributed by atoms with Crippen molar-refractivity contribution in [1.82, 2.24) is 0 Å². The van der Waals surface area contributed by atoms with Crippen molar-refractivity contribution >= 4 is 64.9 Å². The summed E-state index contributed by atoms with van der Waals surface area (Å²) < 4.78 is 2.64. The molecule has 0 amide bonds. The van der Waals surface area contributed by atoms with Crippen molar-refractivity contribution in [2.75, 3.05) is 4.90 Å². The van der Waals surface area contributed by atoms with E-state index in [-0.39, 0.29) is 0 Å². The molecule has 0 saturated carbocycles. The predicted octanol–water partition coefficient (Wildman–Crippen LogP) is 18.7. The summed E-state index contributed by atoms with van der Waals surface area (Å²) in [5.41, 5.74) is 16.7. The van der Waals surface area contributed by atoms with Gasteiger partial charge in [0.05, 0.1) is 0 Å². The van der Waals surface area contributed by atoms with Gasteiger partial charge in [-0.05, 0) is 126 Å². The molecule has 67 heavy (non-hydrogen) atoms. The molecule has 11 aromatic rings. The number of hydrogen-bond donors (Lipinski definition) is 0. The van der Waals surface area contributed by atoms with Crippen molar-refractivity contribution in [2.45, 2.75) is 12.8 Å². The van der Waals surface area contributed by atoms with Crippen LogP contribution in [0.4, 0.5) is 17.1 Å². The third kappa shape index (κ3) is 7.86. The highest BCUT2D eigenvalue weighted by atomic mass is 32.1. The Labute approximate surface area is 396 Å². The summed E-state index contributed by atoms with van der Waals surface area (Å²) in [5, 5.41) is 5.21. The molecule has 0 aliphatic heterocycles. The third-order valence-corrected chi connectivity index (χ3v) is 14.8. The number of allylic oxidation sites excluding steroid dienone is 4. The summed E-state index contributed by atoms with van der Waals surface area (Å²) in [6.07, 6.45) is 7.12. The van der Waals surface area contributed by atoms with Crippen LogP contribution in [-0.2, 0) is 0 Å². The fraction of sp³-hybridized carbons (Fsp3) is 0.0462. The highest BCUT2D eigenvalue weighted by molar-refractivity contribution is 7.26. The first kappa shape index (κ1) is 40.5. The largest absolute Gasteiger partial charge is 0.310 e. The van der Waals surface area contributed by atoms with Gasteiger partial charge < -0.3 is 4.90 Å². The van der Waals surface area contributed by atoms with Crippen molar-refractivity contribution in [1.29, 1.82) is 0 Å². The van der Waals surface area contributed by atoms with Crippen molar-refractivity contribution in [3.8, 4) is 44.5 Å². The van der Waals surface area contributed by atoms with E-state index in [1.54, 1.807) is 0 Å². The van der Waals surface area contributed by atoms with E-state index in [0.29, 0.717) is 11.8 Å². The molecular formula is C65H47NS. The summed E-state index contributed by atoms with van der Waals surface area (Å²) in [5.74, 6) is 0.747. The van der Waals surface area contributed by atoms with Crippen LogP contribution in [0, 0.1) is 5.92 Å². The lowest BCUT2D eigenvalue weighted by atomic mass is 9.80. The van der Waals surface area contributed by atoms with Gasteiger partial charge in [-0.2, -0.15) is 0 Å². The maximum atomic E-state index is 2.46. The monoisotopic (exact) mass is 873 g/mol. The van der Waals surface area contributed by atoms with Crippen molar-refractivity contribution in [3.05, 3.63) is 266 Å². The molecule has 2 unspecified atom stereocenters. The second kappa shape index (κ2) is 17.4. The molecule has 318 valence electrons. The standard InChI is InChI=1S/C65H47NS/c1-44-23-24-53(43-63(44)54-30-29-47-17-8-9-18-52(47)39-54)50-27-25-48(26-28-50)49-31-35-57(36-32-49)66(59-41-55(45-13-4-2-5-14-45)40-56(42-59)46-15-6-3-7-16-46)58-37-33-51(34-38-58)60-20-12-21-62-61-19-10-11-22-64(61)67-65(60)62/h2-44,63H,1H3. The van der Waals surface area contributed by atoms with E-state index in [1.807, 2.05) is 11.3 Å². The van der Waals surface area contributed by atoms with Crippen LogP contribution in [0.5, 0.6) is 0 Å². The Kier molecular flexibility index (Phi) is 10.5. The van der Waals surface area contributed by atoms with E-state index >= 15 is 0 Å². The highest BCUT2D eigenvalue weighted by Crippen LogP contribution is 2.44. The molecule has 2 heteroatoms. The Morgan fingerprint density at radius 3 is 1.63 bits per heavy atom. The number of fused-ring (bicyclic) bond motifs is 4. The first-order valence-electron chi connectivity index (χ1n) is 23.3. The molecule has 1 nitrogen and oxygen atoms in total. The number of thiophene rings is 1. The highest BCUT2D eigenvalue weighted by Gasteiger charge is 2.21. The van der Waals surface area contributed by atoms with E-state index in [9.17, 15) is 0 Å². The first-order chi connectivity index (χ1) is 33.1. The summed E-state index contributed by atoms with van der Waals surface area (Å²) in [7, 11) is 0. The summed E-state index contributed by atoms with van der Waals surface area (Å²) >= 11 is 1.88. The zero-order chi connectivity index (χ0) is 44.7. The maximum absolute atomic E-state index is 2.46. The van der Waals surface area contributed by atoms with Crippen LogP contribution in [-0.4, -0.2) is 0 Å². The van der Waals surface area contributed by atoms with E-state index < -0.39 is 0 Å². The van der Waals surface area contributed by atoms with Crippen LogP contribution >= 0.6 is 11.3 Å². The topological polar surface area (TPSA) is 3.24 Å². The van der Waals surface area contributed by atoms with Crippen molar-refractivity contribution in [2.24, 2.45) is 5.92 Å². The van der Waals surface area contributed by atoms with Crippen LogP contribution in [0.25, 0.3) is 81.0 Å². The normalized spacial score (nSPS) is 14.7. The molecular weight excluding hydrogens is 827 g/mol. The van der Waals surface area contributed by atoms with Gasteiger partial charge in [-0.25, -0.2) is 0 Å². The predicted molar refractivity (Wildman–Crippen MR) is 289 cm³/mol. The van der Waals surface area contributed by atoms with Crippen LogP contribution in [0.15, 0.2) is 255 Å². The Balaban J connectivity index is 0.906. The minimum Gasteiger partial charge on any atom is -0.310 e. The maximum Gasteiger partial charge on any atom is 0.0473 e. The first-order valence-corrected chi connectivity index (χ1v) is 24.1. The van der Waals surface area contributed by atoms with Crippen molar-refractivity contribution < 1.29 is 0 Å². The second-order valence-corrected chi connectivity index (χ2v) is 18.8. The van der Waals surface area contributed by atoms with E-state index in [2.05, 4.69) is 267 Å². The van der Waals surface area contributed by atoms with E-state index in [0.717, 1.165) is 17.1 Å². The van der Waals surface area contributed by atoms with Crippen LogP contribution < -0.4 is 4.90 Å². The third-order valence-electron chi connectivity index (χ3n) is 13.6. The quantitative estimate of drug-likeness (QED) is 0.140.